The van der Waals surface area contributed by atoms with Crippen molar-refractivity contribution in [2.24, 2.45) is 11.1 Å². The lowest BCUT2D eigenvalue weighted by Crippen LogP contribution is -2.56. The summed E-state index contributed by atoms with van der Waals surface area (Å²) in [5.41, 5.74) is 5.07. The first-order chi connectivity index (χ1) is 8.89. The molecule has 0 aliphatic carbocycles. The molecule has 0 spiro atoms. The summed E-state index contributed by atoms with van der Waals surface area (Å²) in [5, 5.41) is 0. The molecule has 0 aromatic carbocycles. The zero-order chi connectivity index (χ0) is 14.6. The number of piperazine rings is 1. The van der Waals surface area contributed by atoms with E-state index in [-0.39, 0.29) is 16.8 Å². The molecule has 19 heavy (non-hydrogen) atoms. The predicted molar refractivity (Wildman–Crippen MR) is 78.6 cm³/mol. The van der Waals surface area contributed by atoms with E-state index >= 15 is 0 Å². The van der Waals surface area contributed by atoms with Crippen molar-refractivity contribution in [3.8, 4) is 0 Å². The maximum atomic E-state index is 12.7. The van der Waals surface area contributed by atoms with Crippen LogP contribution in [0.25, 0.3) is 0 Å². The lowest BCUT2D eigenvalue weighted by atomic mass is 9.80. The molecular weight excluding hydrogens is 262 g/mol. The molecule has 0 bridgehead atoms. The van der Waals surface area contributed by atoms with Gasteiger partial charge in [0.15, 0.2) is 0 Å². The molecule has 0 aromatic rings. The molecule has 0 atom stereocenters. The van der Waals surface area contributed by atoms with Gasteiger partial charge in [-0.1, -0.05) is 26.1 Å². The number of carbonyl (C=O) groups is 2. The Morgan fingerprint density at radius 3 is 1.84 bits per heavy atom. The van der Waals surface area contributed by atoms with Crippen molar-refractivity contribution in [1.82, 2.24) is 9.80 Å². The molecule has 2 N–H and O–H groups in total. The van der Waals surface area contributed by atoms with Crippen LogP contribution in [0, 0.1) is 5.41 Å². The van der Waals surface area contributed by atoms with Crippen LogP contribution < -0.4 is 5.73 Å². The fourth-order valence-corrected chi connectivity index (χ4v) is 2.91. The standard InChI is InChI=1S/C13H23N3O2S/c1-4-13(5-2,11(14)19)12(18)16-8-6-15(7-9-16)10(3)17/h4-9H2,1-3H3,(H2,14,19). The Morgan fingerprint density at radius 1 is 1.11 bits per heavy atom. The largest absolute Gasteiger partial charge is 0.392 e. The number of nitrogens with zero attached hydrogens (tertiary/aromatic N) is 2. The van der Waals surface area contributed by atoms with E-state index in [1.807, 2.05) is 13.8 Å². The number of amides is 2. The summed E-state index contributed by atoms with van der Waals surface area (Å²) in [6.45, 7) is 7.71. The Labute approximate surface area is 120 Å². The Bertz CT molecular complexity index is 372. The molecule has 6 heteroatoms. The number of rotatable bonds is 4. The summed E-state index contributed by atoms with van der Waals surface area (Å²) in [4.78, 5) is 27.7. The van der Waals surface area contributed by atoms with Crippen LogP contribution in [-0.4, -0.2) is 52.8 Å². The Balaban J connectivity index is 2.78. The van der Waals surface area contributed by atoms with Crippen molar-refractivity contribution >= 4 is 29.0 Å². The van der Waals surface area contributed by atoms with Gasteiger partial charge in [0.2, 0.25) is 11.8 Å². The van der Waals surface area contributed by atoms with Gasteiger partial charge in [0.25, 0.3) is 0 Å². The maximum Gasteiger partial charge on any atom is 0.235 e. The van der Waals surface area contributed by atoms with Gasteiger partial charge in [0, 0.05) is 33.1 Å². The fraction of sp³-hybridized carbons (Fsp3) is 0.769. The minimum Gasteiger partial charge on any atom is -0.392 e. The van der Waals surface area contributed by atoms with Gasteiger partial charge in [-0.2, -0.15) is 0 Å². The first-order valence-corrected chi connectivity index (χ1v) is 7.14. The van der Waals surface area contributed by atoms with E-state index in [2.05, 4.69) is 0 Å². The topological polar surface area (TPSA) is 66.6 Å². The van der Waals surface area contributed by atoms with Crippen molar-refractivity contribution in [2.45, 2.75) is 33.6 Å². The normalized spacial score (nSPS) is 16.4. The van der Waals surface area contributed by atoms with E-state index in [0.29, 0.717) is 39.0 Å². The first kappa shape index (κ1) is 15.9. The number of hydrogen-bond acceptors (Lipinski definition) is 3. The highest BCUT2D eigenvalue weighted by Crippen LogP contribution is 2.30. The number of carbonyl (C=O) groups excluding carboxylic acids is 2. The second-order valence-electron chi connectivity index (χ2n) is 4.95. The Morgan fingerprint density at radius 2 is 1.53 bits per heavy atom. The minimum atomic E-state index is -0.728. The van der Waals surface area contributed by atoms with Crippen molar-refractivity contribution in [2.75, 3.05) is 26.2 Å². The average molecular weight is 285 g/mol. The van der Waals surface area contributed by atoms with Gasteiger partial charge < -0.3 is 15.5 Å². The minimum absolute atomic E-state index is 0.00759. The summed E-state index contributed by atoms with van der Waals surface area (Å²) in [6.07, 6.45) is 1.23. The highest BCUT2D eigenvalue weighted by atomic mass is 32.1. The van der Waals surface area contributed by atoms with E-state index in [1.165, 1.54) is 0 Å². The molecule has 0 unspecified atom stereocenters. The molecule has 1 rings (SSSR count). The Kier molecular flexibility index (Phi) is 5.29. The summed E-state index contributed by atoms with van der Waals surface area (Å²) >= 11 is 5.10. The molecule has 1 aliphatic heterocycles. The molecule has 0 radical (unpaired) electrons. The third-order valence-electron chi connectivity index (χ3n) is 4.10. The Hall–Kier alpha value is -1.17. The van der Waals surface area contributed by atoms with Crippen LogP contribution in [0.4, 0.5) is 0 Å². The molecule has 1 heterocycles. The van der Waals surface area contributed by atoms with Gasteiger partial charge in [-0.15, -0.1) is 0 Å². The smallest absolute Gasteiger partial charge is 0.235 e. The number of hydrogen-bond donors (Lipinski definition) is 1. The zero-order valence-electron chi connectivity index (χ0n) is 11.9. The fourth-order valence-electron chi connectivity index (χ4n) is 2.53. The second kappa shape index (κ2) is 6.32. The second-order valence-corrected chi connectivity index (χ2v) is 5.39. The van der Waals surface area contributed by atoms with Crippen LogP contribution in [0.15, 0.2) is 0 Å². The zero-order valence-corrected chi connectivity index (χ0v) is 12.8. The van der Waals surface area contributed by atoms with Crippen LogP contribution in [0.1, 0.15) is 33.6 Å². The molecule has 2 amide bonds. The summed E-state index contributed by atoms with van der Waals surface area (Å²) in [7, 11) is 0. The van der Waals surface area contributed by atoms with Gasteiger partial charge in [0.1, 0.15) is 0 Å². The van der Waals surface area contributed by atoms with E-state index < -0.39 is 5.41 Å². The summed E-state index contributed by atoms with van der Waals surface area (Å²) < 4.78 is 0. The lowest BCUT2D eigenvalue weighted by Gasteiger charge is -2.40. The van der Waals surface area contributed by atoms with Gasteiger partial charge in [0.05, 0.1) is 10.4 Å². The van der Waals surface area contributed by atoms with E-state index in [1.54, 1.807) is 16.7 Å². The van der Waals surface area contributed by atoms with E-state index in [9.17, 15) is 9.59 Å². The quantitative estimate of drug-likeness (QED) is 0.775. The van der Waals surface area contributed by atoms with Crippen LogP contribution in [0.2, 0.25) is 0 Å². The average Bonchev–Trinajstić information content (AvgIpc) is 2.40. The molecule has 5 nitrogen and oxygen atoms in total. The molecule has 108 valence electrons. The van der Waals surface area contributed by atoms with Crippen molar-refractivity contribution in [3.63, 3.8) is 0 Å². The number of nitrogens with two attached hydrogens (primary N) is 1. The van der Waals surface area contributed by atoms with Gasteiger partial charge in [-0.25, -0.2) is 0 Å². The summed E-state index contributed by atoms with van der Waals surface area (Å²) in [5.74, 6) is 0.0619. The van der Waals surface area contributed by atoms with Crippen molar-refractivity contribution in [1.29, 1.82) is 0 Å². The van der Waals surface area contributed by atoms with Gasteiger partial charge >= 0.3 is 0 Å². The number of thiocarbonyl (C=S) groups is 1. The van der Waals surface area contributed by atoms with Gasteiger partial charge in [-0.05, 0) is 12.8 Å². The molecule has 1 saturated heterocycles. The van der Waals surface area contributed by atoms with E-state index in [0.717, 1.165) is 0 Å². The molecule has 1 aliphatic rings. The SMILES string of the molecule is CCC(CC)(C(=O)N1CCN(C(C)=O)CC1)C(N)=S. The lowest BCUT2D eigenvalue weighted by molar-refractivity contribution is -0.143. The summed E-state index contributed by atoms with van der Waals surface area (Å²) in [6, 6.07) is 0. The highest BCUT2D eigenvalue weighted by molar-refractivity contribution is 7.80. The molecule has 0 aromatic heterocycles. The van der Waals surface area contributed by atoms with Gasteiger partial charge in [-0.3, -0.25) is 9.59 Å². The first-order valence-electron chi connectivity index (χ1n) is 6.73. The van der Waals surface area contributed by atoms with Crippen molar-refractivity contribution in [3.05, 3.63) is 0 Å². The molecule has 1 fully saturated rings. The van der Waals surface area contributed by atoms with Crippen LogP contribution in [-0.2, 0) is 9.59 Å². The predicted octanol–water partition coefficient (Wildman–Crippen LogP) is 0.770. The van der Waals surface area contributed by atoms with E-state index in [4.69, 9.17) is 18.0 Å². The third kappa shape index (κ3) is 3.05. The molecular formula is C13H23N3O2S. The third-order valence-corrected chi connectivity index (χ3v) is 4.49. The van der Waals surface area contributed by atoms with Crippen LogP contribution >= 0.6 is 12.2 Å². The van der Waals surface area contributed by atoms with Crippen LogP contribution in [0.5, 0.6) is 0 Å². The highest BCUT2D eigenvalue weighted by Gasteiger charge is 2.41. The monoisotopic (exact) mass is 285 g/mol. The molecule has 0 saturated carbocycles. The maximum absolute atomic E-state index is 12.7. The van der Waals surface area contributed by atoms with Crippen molar-refractivity contribution < 1.29 is 9.59 Å². The van der Waals surface area contributed by atoms with Crippen LogP contribution in [0.3, 0.4) is 0 Å².